The van der Waals surface area contributed by atoms with Gasteiger partial charge in [0.25, 0.3) is 0 Å². The highest BCUT2D eigenvalue weighted by atomic mass is 19.4. The Labute approximate surface area is 202 Å². The van der Waals surface area contributed by atoms with Gasteiger partial charge in [0, 0.05) is 17.6 Å². The number of fused-ring (bicyclic) bond motifs is 1. The summed E-state index contributed by atoms with van der Waals surface area (Å²) in [5.74, 6) is 0.613. The number of aromatic nitrogens is 2. The Balaban J connectivity index is 1.69. The monoisotopic (exact) mass is 482 g/mol. The maximum Gasteiger partial charge on any atom is 0.416 e. The highest BCUT2D eigenvalue weighted by molar-refractivity contribution is 5.80. The van der Waals surface area contributed by atoms with Crippen molar-refractivity contribution < 1.29 is 18.3 Å². The van der Waals surface area contributed by atoms with Crippen LogP contribution in [0.4, 0.5) is 24.8 Å². The maximum absolute atomic E-state index is 13.0. The number of benzene rings is 3. The van der Waals surface area contributed by atoms with Crippen LogP contribution in [0.25, 0.3) is 11.0 Å². The van der Waals surface area contributed by atoms with E-state index in [-0.39, 0.29) is 11.3 Å². The van der Waals surface area contributed by atoms with Gasteiger partial charge in [-0.2, -0.15) is 13.2 Å². The van der Waals surface area contributed by atoms with E-state index in [4.69, 9.17) is 4.98 Å². The van der Waals surface area contributed by atoms with E-state index in [1.807, 2.05) is 47.9 Å². The van der Waals surface area contributed by atoms with E-state index in [1.54, 1.807) is 0 Å². The smallest absolute Gasteiger partial charge is 0.416 e. The normalized spacial score (nSPS) is 12.3. The average Bonchev–Trinajstić information content (AvgIpc) is 3.11. The van der Waals surface area contributed by atoms with Crippen LogP contribution in [0.5, 0.6) is 5.75 Å². The van der Waals surface area contributed by atoms with Gasteiger partial charge < -0.3 is 20.3 Å². The lowest BCUT2D eigenvalue weighted by molar-refractivity contribution is -0.137. The zero-order chi connectivity index (χ0) is 25.4. The van der Waals surface area contributed by atoms with Crippen LogP contribution in [0.2, 0.25) is 0 Å². The van der Waals surface area contributed by atoms with Gasteiger partial charge in [-0.25, -0.2) is 4.98 Å². The minimum absolute atomic E-state index is 0.112. The van der Waals surface area contributed by atoms with Crippen molar-refractivity contribution in [1.29, 1.82) is 0 Å². The Bertz CT molecular complexity index is 1340. The Morgan fingerprint density at radius 1 is 0.971 bits per heavy atom. The molecular weight excluding hydrogens is 453 g/mol. The molecule has 0 spiro atoms. The molecule has 4 aromatic rings. The molecule has 3 aromatic carbocycles. The van der Waals surface area contributed by atoms with Crippen LogP contribution in [0.3, 0.4) is 0 Å². The molecule has 8 heteroatoms. The molecule has 0 fully saturated rings. The number of phenolic OH excluding ortho intramolecular Hbond substituents is 1. The molecule has 0 bridgehead atoms. The second-order valence-electron chi connectivity index (χ2n) is 9.75. The van der Waals surface area contributed by atoms with Crippen molar-refractivity contribution in [3.8, 4) is 5.75 Å². The molecule has 0 aliphatic carbocycles. The Kier molecular flexibility index (Phi) is 6.51. The molecular formula is C27H29F3N4O. The van der Waals surface area contributed by atoms with E-state index in [2.05, 4.69) is 31.4 Å². The molecule has 3 N–H and O–H groups in total. The number of imidazole rings is 1. The van der Waals surface area contributed by atoms with Crippen molar-refractivity contribution >= 4 is 22.7 Å². The fraction of sp³-hybridized carbons (Fsp3) is 0.296. The van der Waals surface area contributed by atoms with Gasteiger partial charge in [0.15, 0.2) is 0 Å². The van der Waals surface area contributed by atoms with E-state index >= 15 is 0 Å². The van der Waals surface area contributed by atoms with Crippen LogP contribution in [-0.2, 0) is 19.3 Å². The van der Waals surface area contributed by atoms with Crippen LogP contribution >= 0.6 is 0 Å². The molecule has 5 nitrogen and oxygen atoms in total. The van der Waals surface area contributed by atoms with Crippen molar-refractivity contribution in [1.82, 2.24) is 14.9 Å². The van der Waals surface area contributed by atoms with E-state index in [1.165, 1.54) is 12.1 Å². The van der Waals surface area contributed by atoms with Gasteiger partial charge in [-0.3, -0.25) is 0 Å². The summed E-state index contributed by atoms with van der Waals surface area (Å²) in [6.45, 7) is 8.93. The van der Waals surface area contributed by atoms with Gasteiger partial charge in [-0.15, -0.1) is 0 Å². The van der Waals surface area contributed by atoms with Crippen molar-refractivity contribution in [2.24, 2.45) is 0 Å². The van der Waals surface area contributed by atoms with Crippen LogP contribution in [0, 0.1) is 6.92 Å². The van der Waals surface area contributed by atoms with Gasteiger partial charge in [0.1, 0.15) is 5.75 Å². The van der Waals surface area contributed by atoms with Gasteiger partial charge in [0.05, 0.1) is 28.8 Å². The van der Waals surface area contributed by atoms with Crippen LogP contribution in [0.15, 0.2) is 60.7 Å². The fourth-order valence-corrected chi connectivity index (χ4v) is 3.88. The molecule has 1 aromatic heterocycles. The Morgan fingerprint density at radius 3 is 2.31 bits per heavy atom. The number of hydrogen-bond donors (Lipinski definition) is 3. The number of phenols is 1. The lowest BCUT2D eigenvalue weighted by Crippen LogP contribution is -2.35. The number of nitrogens with one attached hydrogen (secondary N) is 2. The predicted molar refractivity (Wildman–Crippen MR) is 133 cm³/mol. The second-order valence-corrected chi connectivity index (χ2v) is 9.75. The van der Waals surface area contributed by atoms with Crippen LogP contribution in [0.1, 0.15) is 43.0 Å². The first-order valence-corrected chi connectivity index (χ1v) is 11.4. The summed E-state index contributed by atoms with van der Waals surface area (Å²) in [5.41, 5.74) is 3.72. The summed E-state index contributed by atoms with van der Waals surface area (Å²) < 4.78 is 40.8. The molecule has 1 heterocycles. The van der Waals surface area contributed by atoms with Gasteiger partial charge in [0.2, 0.25) is 5.95 Å². The zero-order valence-electron chi connectivity index (χ0n) is 20.2. The minimum atomic E-state index is -4.38. The molecule has 0 saturated carbocycles. The quantitative estimate of drug-likeness (QED) is 0.266. The standard InChI is InChI=1S/C27H29F3N4O/c1-17-13-19(15-31-26(2,3)4)24(35)22(14-17)33-25-32-21-7-5-6-8-23(21)34(25)16-18-9-11-20(12-10-18)27(28,29)30/h5-14,31,35H,15-16H2,1-4H3,(H,32,33). The lowest BCUT2D eigenvalue weighted by Gasteiger charge is -2.22. The zero-order valence-corrected chi connectivity index (χ0v) is 20.2. The Morgan fingerprint density at radius 2 is 1.66 bits per heavy atom. The molecule has 0 radical (unpaired) electrons. The van der Waals surface area contributed by atoms with Crippen molar-refractivity contribution in [2.75, 3.05) is 5.32 Å². The SMILES string of the molecule is Cc1cc(CNC(C)(C)C)c(O)c(Nc2nc3ccccc3n2Cc2ccc(C(F)(F)F)cc2)c1. The van der Waals surface area contributed by atoms with E-state index in [0.29, 0.717) is 30.3 Å². The number of para-hydroxylation sites is 2. The summed E-state index contributed by atoms with van der Waals surface area (Å²) >= 11 is 0. The van der Waals surface area contributed by atoms with Gasteiger partial charge in [-0.05, 0) is 69.2 Å². The van der Waals surface area contributed by atoms with E-state index in [9.17, 15) is 18.3 Å². The first-order valence-electron chi connectivity index (χ1n) is 11.4. The van der Waals surface area contributed by atoms with Crippen molar-refractivity contribution in [3.05, 3.63) is 82.9 Å². The number of halogens is 3. The van der Waals surface area contributed by atoms with Gasteiger partial charge in [-0.1, -0.05) is 30.3 Å². The molecule has 0 aliphatic heterocycles. The molecule has 0 saturated heterocycles. The van der Waals surface area contributed by atoms with Crippen LogP contribution < -0.4 is 10.6 Å². The highest BCUT2D eigenvalue weighted by Crippen LogP contribution is 2.34. The minimum Gasteiger partial charge on any atom is -0.505 e. The number of nitrogens with zero attached hydrogens (tertiary/aromatic N) is 2. The number of alkyl halides is 3. The highest BCUT2D eigenvalue weighted by Gasteiger charge is 2.30. The third-order valence-electron chi connectivity index (χ3n) is 5.67. The number of aromatic hydroxyl groups is 1. The Hall–Kier alpha value is -3.52. The summed E-state index contributed by atoms with van der Waals surface area (Å²) in [4.78, 5) is 4.69. The third-order valence-corrected chi connectivity index (χ3v) is 5.67. The average molecular weight is 483 g/mol. The first kappa shape index (κ1) is 24.6. The molecule has 35 heavy (non-hydrogen) atoms. The van der Waals surface area contributed by atoms with Gasteiger partial charge >= 0.3 is 6.18 Å². The maximum atomic E-state index is 13.0. The second kappa shape index (κ2) is 9.26. The number of aryl methyl sites for hydroxylation is 1. The number of hydrogen-bond acceptors (Lipinski definition) is 4. The first-order chi connectivity index (χ1) is 16.4. The fourth-order valence-electron chi connectivity index (χ4n) is 3.88. The summed E-state index contributed by atoms with van der Waals surface area (Å²) in [5, 5.41) is 17.6. The molecule has 4 rings (SSSR count). The molecule has 0 atom stereocenters. The number of anilines is 2. The summed E-state index contributed by atoms with van der Waals surface area (Å²) in [7, 11) is 0. The topological polar surface area (TPSA) is 62.1 Å². The molecule has 0 amide bonds. The van der Waals surface area contributed by atoms with Crippen molar-refractivity contribution in [2.45, 2.75) is 52.5 Å². The van der Waals surface area contributed by atoms with Crippen LogP contribution in [-0.4, -0.2) is 20.2 Å². The largest absolute Gasteiger partial charge is 0.505 e. The summed E-state index contributed by atoms with van der Waals surface area (Å²) in [6.07, 6.45) is -4.38. The van der Waals surface area contributed by atoms with E-state index < -0.39 is 11.7 Å². The lowest BCUT2D eigenvalue weighted by atomic mass is 10.1. The number of rotatable bonds is 6. The van der Waals surface area contributed by atoms with E-state index in [0.717, 1.165) is 34.3 Å². The molecule has 0 unspecified atom stereocenters. The summed E-state index contributed by atoms with van der Waals surface area (Å²) in [6, 6.07) is 16.4. The van der Waals surface area contributed by atoms with Crippen molar-refractivity contribution in [3.63, 3.8) is 0 Å². The third kappa shape index (κ3) is 5.77. The molecule has 0 aliphatic rings. The molecule has 184 valence electrons. The predicted octanol–water partition coefficient (Wildman–Crippen LogP) is 6.75.